The van der Waals surface area contributed by atoms with E-state index in [1.54, 1.807) is 54.6 Å². The lowest BCUT2D eigenvalue weighted by molar-refractivity contribution is 1.15. The van der Waals surface area contributed by atoms with Gasteiger partial charge in [-0.2, -0.15) is 0 Å². The van der Waals surface area contributed by atoms with Gasteiger partial charge in [-0.25, -0.2) is 0 Å². The third-order valence-corrected chi connectivity index (χ3v) is 10.3. The number of hydrogen-bond donors (Lipinski definition) is 0. The first-order valence-corrected chi connectivity index (χ1v) is 18.0. The number of fused-ring (bicyclic) bond motifs is 9. The molecule has 0 saturated carbocycles. The van der Waals surface area contributed by atoms with Gasteiger partial charge < -0.3 is 13.7 Å². The smallest absolute Gasteiger partial charge is 0.0667 e. The standard InChI is InChI=1S/C54H35N3/c1-3-13-36(14-4-1)37-23-27-41(28-24-37)55-50-21-11-8-18-44(50)47-33-38(25-31-52(47)55)39-26-32-53-48(34-39)45-19-9-12-22-51(45)57(53)42-29-30-46-43-17-7-10-20-49(43)56(54(46)35-42)40-15-5-2-6-16-40/h1-35H/i7D,8D,9D,10D,11D,12D,17D,18D,19D,20D,21D,22D,25D,26D,29D,31D,32D,33D,34D,35D. The predicted molar refractivity (Wildman–Crippen MR) is 240 cm³/mol. The summed E-state index contributed by atoms with van der Waals surface area (Å²) in [6.45, 7) is 0. The van der Waals surface area contributed by atoms with E-state index in [4.69, 9.17) is 12.3 Å². The zero-order valence-corrected chi connectivity index (χ0v) is 29.5. The summed E-state index contributed by atoms with van der Waals surface area (Å²) in [4.78, 5) is 0. The van der Waals surface area contributed by atoms with Crippen LogP contribution in [0.3, 0.4) is 0 Å². The van der Waals surface area contributed by atoms with Crippen molar-refractivity contribution in [3.8, 4) is 39.3 Å². The lowest BCUT2D eigenvalue weighted by atomic mass is 10.0. The summed E-state index contributed by atoms with van der Waals surface area (Å²) >= 11 is 0. The second kappa shape index (κ2) is 12.5. The molecule has 266 valence electrons. The number of benzene rings is 9. The van der Waals surface area contributed by atoms with E-state index in [-0.39, 0.29) is 49.0 Å². The van der Waals surface area contributed by atoms with Gasteiger partial charge in [-0.3, -0.25) is 0 Å². The number of nitrogens with zero attached hydrogens (tertiary/aromatic N) is 3. The second-order valence-electron chi connectivity index (χ2n) is 13.4. The van der Waals surface area contributed by atoms with Crippen molar-refractivity contribution in [2.75, 3.05) is 0 Å². The van der Waals surface area contributed by atoms with Crippen LogP contribution in [0.25, 0.3) is 105 Å². The van der Waals surface area contributed by atoms with Gasteiger partial charge in [-0.1, -0.05) is 133 Å². The molecule has 3 nitrogen and oxygen atoms in total. The van der Waals surface area contributed by atoms with E-state index in [9.17, 15) is 15.1 Å². The van der Waals surface area contributed by atoms with Gasteiger partial charge in [0.15, 0.2) is 0 Å². The summed E-state index contributed by atoms with van der Waals surface area (Å²) in [6.07, 6.45) is 0. The van der Waals surface area contributed by atoms with Crippen molar-refractivity contribution < 1.29 is 27.4 Å². The van der Waals surface area contributed by atoms with Crippen LogP contribution in [-0.2, 0) is 0 Å². The second-order valence-corrected chi connectivity index (χ2v) is 13.4. The molecule has 0 spiro atoms. The van der Waals surface area contributed by atoms with Crippen LogP contribution in [0.2, 0.25) is 0 Å². The molecule has 3 heteroatoms. The summed E-state index contributed by atoms with van der Waals surface area (Å²) in [7, 11) is 0. The molecule has 3 heterocycles. The Morgan fingerprint density at radius 1 is 0.263 bits per heavy atom. The topological polar surface area (TPSA) is 14.8 Å². The van der Waals surface area contributed by atoms with Gasteiger partial charge in [0.25, 0.3) is 0 Å². The average Bonchev–Trinajstić information content (AvgIpc) is 4.14. The zero-order valence-electron chi connectivity index (χ0n) is 49.5. The first-order valence-electron chi connectivity index (χ1n) is 28.0. The van der Waals surface area contributed by atoms with Crippen LogP contribution in [0.4, 0.5) is 0 Å². The first kappa shape index (κ1) is 17.9. The van der Waals surface area contributed by atoms with Crippen LogP contribution in [0.15, 0.2) is 212 Å². The first-order chi connectivity index (χ1) is 36.6. The van der Waals surface area contributed by atoms with Gasteiger partial charge in [0.1, 0.15) is 0 Å². The Morgan fingerprint density at radius 3 is 1.28 bits per heavy atom. The molecule has 0 N–H and O–H groups in total. The predicted octanol–water partition coefficient (Wildman–Crippen LogP) is 14.3. The zero-order chi connectivity index (χ0) is 54.9. The Hall–Kier alpha value is -7.62. The minimum absolute atomic E-state index is 0.0111. The molecule has 0 aliphatic carbocycles. The van der Waals surface area contributed by atoms with Crippen molar-refractivity contribution in [3.63, 3.8) is 0 Å². The van der Waals surface area contributed by atoms with E-state index in [1.807, 2.05) is 30.3 Å². The Morgan fingerprint density at radius 2 is 0.702 bits per heavy atom. The molecule has 0 unspecified atom stereocenters. The molecule has 9 aromatic carbocycles. The Kier molecular flexibility index (Phi) is 3.91. The van der Waals surface area contributed by atoms with Crippen LogP contribution in [0.1, 0.15) is 27.4 Å². The van der Waals surface area contributed by atoms with Crippen molar-refractivity contribution in [1.82, 2.24) is 13.7 Å². The molecule has 0 aliphatic heterocycles. The average molecular weight is 746 g/mol. The molecule has 0 bridgehead atoms. The number of hydrogen-bond acceptors (Lipinski definition) is 0. The molecule has 0 atom stereocenters. The van der Waals surface area contributed by atoms with E-state index in [2.05, 4.69) is 0 Å². The Balaban J connectivity index is 1.22. The number of rotatable bonds is 5. The third kappa shape index (κ3) is 4.86. The van der Waals surface area contributed by atoms with Crippen molar-refractivity contribution in [1.29, 1.82) is 0 Å². The van der Waals surface area contributed by atoms with Crippen molar-refractivity contribution >= 4 is 65.4 Å². The highest BCUT2D eigenvalue weighted by molar-refractivity contribution is 6.14. The summed E-state index contributed by atoms with van der Waals surface area (Å²) in [5.41, 5.74) is -0.393. The van der Waals surface area contributed by atoms with Gasteiger partial charge in [0, 0.05) is 49.4 Å². The van der Waals surface area contributed by atoms with Crippen molar-refractivity contribution in [2.45, 2.75) is 0 Å². The normalized spacial score (nSPS) is 16.8. The van der Waals surface area contributed by atoms with Crippen LogP contribution in [-0.4, -0.2) is 13.7 Å². The molecule has 3 aromatic heterocycles. The largest absolute Gasteiger partial charge is 0.309 e. The molecular formula is C54H35N3. The van der Waals surface area contributed by atoms with Crippen LogP contribution >= 0.6 is 0 Å². The molecule has 12 aromatic rings. The quantitative estimate of drug-likeness (QED) is 0.167. The number of para-hydroxylation sites is 4. The summed E-state index contributed by atoms with van der Waals surface area (Å²) in [6, 6.07) is 13.2. The van der Waals surface area contributed by atoms with Gasteiger partial charge in [0.2, 0.25) is 0 Å². The van der Waals surface area contributed by atoms with Crippen molar-refractivity contribution in [2.24, 2.45) is 0 Å². The molecule has 0 saturated heterocycles. The SMILES string of the molecule is [2H]c1cc2c3c([2H])c([2H])c([2H])c([2H])c3n(-c3ccccc3)c2c([2H])c1-n1c2c([2H])c([2H])c([2H])c([2H])c2c2c([2H])c(-c3c([2H])c([2H])c4c(c3[2H])c3c([2H])c([2H])c([2H])c([2H])c3n4-c3ccc(-c4ccccc4)cc3)c([2H])c([2H])c21. The fraction of sp³-hybridized carbons (Fsp3) is 0. The maximum Gasteiger partial charge on any atom is 0.0667 e. The molecule has 0 fully saturated rings. The highest BCUT2D eigenvalue weighted by Gasteiger charge is 2.18. The van der Waals surface area contributed by atoms with Crippen LogP contribution in [0.5, 0.6) is 0 Å². The summed E-state index contributed by atoms with van der Waals surface area (Å²) < 4.78 is 189. The lowest BCUT2D eigenvalue weighted by Crippen LogP contribution is -1.96. The van der Waals surface area contributed by atoms with Crippen LogP contribution in [0, 0.1) is 0 Å². The van der Waals surface area contributed by atoms with Gasteiger partial charge in [-0.05, 0) is 101 Å². The van der Waals surface area contributed by atoms with Crippen LogP contribution < -0.4 is 0 Å². The highest BCUT2D eigenvalue weighted by Crippen LogP contribution is 2.40. The van der Waals surface area contributed by atoms with Gasteiger partial charge in [0.05, 0.1) is 60.5 Å². The maximum atomic E-state index is 10.0. The third-order valence-electron chi connectivity index (χ3n) is 10.3. The van der Waals surface area contributed by atoms with E-state index in [1.165, 1.54) is 15.2 Å². The fourth-order valence-electron chi connectivity index (χ4n) is 7.72. The Bertz CT molecular complexity index is 4660. The van der Waals surface area contributed by atoms with Gasteiger partial charge >= 0.3 is 0 Å². The molecule has 0 amide bonds. The molecule has 0 radical (unpaired) electrons. The molecule has 12 rings (SSSR count). The van der Waals surface area contributed by atoms with E-state index in [0.717, 1.165) is 15.7 Å². The maximum absolute atomic E-state index is 10.0. The highest BCUT2D eigenvalue weighted by atomic mass is 15.0. The minimum Gasteiger partial charge on any atom is -0.309 e. The van der Waals surface area contributed by atoms with Gasteiger partial charge in [-0.15, -0.1) is 0 Å². The number of aromatic nitrogens is 3. The summed E-state index contributed by atoms with van der Waals surface area (Å²) in [5.74, 6) is 0. The monoisotopic (exact) mass is 745 g/mol. The Labute approximate surface area is 357 Å². The molecular weight excluding hydrogens is 691 g/mol. The molecule has 57 heavy (non-hydrogen) atoms. The summed E-state index contributed by atoms with van der Waals surface area (Å²) in [5, 5.41) is -1.16. The minimum atomic E-state index is -0.828. The van der Waals surface area contributed by atoms with E-state index < -0.39 is 154 Å². The van der Waals surface area contributed by atoms with E-state index >= 15 is 0 Å². The van der Waals surface area contributed by atoms with E-state index in [0.29, 0.717) is 11.4 Å². The lowest BCUT2D eigenvalue weighted by Gasteiger charge is -2.11. The molecule has 0 aliphatic rings. The van der Waals surface area contributed by atoms with Crippen molar-refractivity contribution in [3.05, 3.63) is 212 Å². The fourth-order valence-corrected chi connectivity index (χ4v) is 7.72.